The third-order valence-electron chi connectivity index (χ3n) is 6.37. The van der Waals surface area contributed by atoms with Crippen molar-refractivity contribution in [2.75, 3.05) is 35.1 Å². The minimum Gasteiger partial charge on any atom is -0.496 e. The van der Waals surface area contributed by atoms with Gasteiger partial charge in [0, 0.05) is 36.7 Å². The van der Waals surface area contributed by atoms with Crippen LogP contribution in [-0.2, 0) is 14.8 Å². The van der Waals surface area contributed by atoms with Gasteiger partial charge in [0.2, 0.25) is 11.9 Å². The van der Waals surface area contributed by atoms with Gasteiger partial charge in [-0.2, -0.15) is 0 Å². The zero-order valence-electron chi connectivity index (χ0n) is 21.2. The number of ether oxygens (including phenoxy) is 1. The van der Waals surface area contributed by atoms with E-state index in [-0.39, 0.29) is 22.7 Å². The molecule has 2 aromatic heterocycles. The van der Waals surface area contributed by atoms with E-state index in [4.69, 9.17) is 4.74 Å². The maximum absolute atomic E-state index is 13.0. The molecule has 1 unspecified atom stereocenters. The molecule has 11 nitrogen and oxygen atoms in total. The smallest absolute Gasteiger partial charge is 0.264 e. The SMILES string of the molecule is COc1ccccc1-c1ccc(N2CCCC(C(=O)Nc3ccc(S(=O)(=O)Nc4ncccn4)cc3)C2)nn1. The minimum atomic E-state index is -3.86. The van der Waals surface area contributed by atoms with Crippen molar-refractivity contribution in [1.29, 1.82) is 0 Å². The molecule has 1 aliphatic heterocycles. The van der Waals surface area contributed by atoms with Crippen LogP contribution in [-0.4, -0.2) is 54.7 Å². The Morgan fingerprint density at radius 1 is 0.974 bits per heavy atom. The molecule has 2 N–H and O–H groups in total. The van der Waals surface area contributed by atoms with Gasteiger partial charge in [-0.05, 0) is 67.4 Å². The van der Waals surface area contributed by atoms with Crippen LogP contribution in [0.15, 0.2) is 84.0 Å². The first-order valence-electron chi connectivity index (χ1n) is 12.4. The molecular formula is C27H27N7O4S. The predicted octanol–water partition coefficient (Wildman–Crippen LogP) is 3.60. The van der Waals surface area contributed by atoms with Crippen molar-refractivity contribution >= 4 is 33.4 Å². The Hall–Kier alpha value is -4.58. The Kier molecular flexibility index (Phi) is 7.64. The van der Waals surface area contributed by atoms with Crippen molar-refractivity contribution in [2.24, 2.45) is 5.92 Å². The maximum atomic E-state index is 13.0. The Labute approximate surface area is 226 Å². The average molecular weight is 546 g/mol. The van der Waals surface area contributed by atoms with Gasteiger partial charge in [-0.25, -0.2) is 23.1 Å². The van der Waals surface area contributed by atoms with Crippen LogP contribution in [0.2, 0.25) is 0 Å². The Morgan fingerprint density at radius 2 is 1.74 bits per heavy atom. The molecule has 0 radical (unpaired) electrons. The molecular weight excluding hydrogens is 518 g/mol. The lowest BCUT2D eigenvalue weighted by Gasteiger charge is -2.32. The van der Waals surface area contributed by atoms with Crippen LogP contribution >= 0.6 is 0 Å². The van der Waals surface area contributed by atoms with Crippen LogP contribution < -0.4 is 19.7 Å². The predicted molar refractivity (Wildman–Crippen MR) is 147 cm³/mol. The van der Waals surface area contributed by atoms with E-state index in [2.05, 4.69) is 35.1 Å². The molecule has 0 aliphatic carbocycles. The lowest BCUT2D eigenvalue weighted by atomic mass is 9.97. The third-order valence-corrected chi connectivity index (χ3v) is 7.72. The summed E-state index contributed by atoms with van der Waals surface area (Å²) in [7, 11) is -2.24. The number of anilines is 3. The summed E-state index contributed by atoms with van der Waals surface area (Å²) in [6.45, 7) is 1.28. The fraction of sp³-hybridized carbons (Fsp3) is 0.222. The van der Waals surface area contributed by atoms with Crippen LogP contribution in [0.4, 0.5) is 17.5 Å². The van der Waals surface area contributed by atoms with Crippen LogP contribution in [0, 0.1) is 5.92 Å². The summed E-state index contributed by atoms with van der Waals surface area (Å²) in [5.41, 5.74) is 2.07. The molecule has 0 saturated carbocycles. The van der Waals surface area contributed by atoms with Gasteiger partial charge < -0.3 is 15.0 Å². The van der Waals surface area contributed by atoms with Crippen molar-refractivity contribution in [3.63, 3.8) is 0 Å². The number of benzene rings is 2. The summed E-state index contributed by atoms with van der Waals surface area (Å²) in [5.74, 6) is 1.02. The Bertz CT molecular complexity index is 1530. The number of rotatable bonds is 8. The van der Waals surface area contributed by atoms with Crippen LogP contribution in [0.25, 0.3) is 11.3 Å². The number of aromatic nitrogens is 4. The summed E-state index contributed by atoms with van der Waals surface area (Å²) < 4.78 is 32.9. The first-order chi connectivity index (χ1) is 18.9. The zero-order chi connectivity index (χ0) is 27.2. The number of para-hydroxylation sites is 1. The molecule has 0 spiro atoms. The first kappa shape index (κ1) is 26.0. The zero-order valence-corrected chi connectivity index (χ0v) is 22.0. The highest BCUT2D eigenvalue weighted by Crippen LogP contribution is 2.29. The standard InChI is InChI=1S/C27H27N7O4S/c1-38-24-8-3-2-7-22(24)23-13-14-25(32-31-23)34-17-4-6-19(18-34)26(35)30-20-9-11-21(12-10-20)39(36,37)33-27-28-15-5-16-29-27/h2-3,5,7-16,19H,4,6,17-18H2,1H3,(H,30,35)(H,28,29,33). The summed E-state index contributed by atoms with van der Waals surface area (Å²) in [6.07, 6.45) is 4.46. The largest absolute Gasteiger partial charge is 0.496 e. The van der Waals surface area contributed by atoms with Gasteiger partial charge in [0.05, 0.1) is 23.6 Å². The van der Waals surface area contributed by atoms with E-state index in [9.17, 15) is 13.2 Å². The molecule has 2 aromatic carbocycles. The highest BCUT2D eigenvalue weighted by Gasteiger charge is 2.27. The molecule has 1 fully saturated rings. The molecule has 1 atom stereocenters. The van der Waals surface area contributed by atoms with Gasteiger partial charge in [-0.3, -0.25) is 4.79 Å². The van der Waals surface area contributed by atoms with Crippen molar-refractivity contribution in [2.45, 2.75) is 17.7 Å². The van der Waals surface area contributed by atoms with Gasteiger partial charge in [0.1, 0.15) is 5.75 Å². The summed E-state index contributed by atoms with van der Waals surface area (Å²) in [6, 6.07) is 19.0. The van der Waals surface area contributed by atoms with Crippen LogP contribution in [0.1, 0.15) is 12.8 Å². The van der Waals surface area contributed by atoms with E-state index >= 15 is 0 Å². The second kappa shape index (κ2) is 11.4. The van der Waals surface area contributed by atoms with Crippen molar-refractivity contribution in [3.05, 3.63) is 79.1 Å². The number of hydrogen-bond acceptors (Lipinski definition) is 9. The molecule has 39 heavy (non-hydrogen) atoms. The highest BCUT2D eigenvalue weighted by molar-refractivity contribution is 7.92. The van der Waals surface area contributed by atoms with Gasteiger partial charge in [-0.15, -0.1) is 10.2 Å². The summed E-state index contributed by atoms with van der Waals surface area (Å²) in [5, 5.41) is 11.7. The van der Waals surface area contributed by atoms with E-state index in [1.165, 1.54) is 24.5 Å². The normalized spacial score (nSPS) is 15.4. The summed E-state index contributed by atoms with van der Waals surface area (Å²) >= 11 is 0. The lowest BCUT2D eigenvalue weighted by Crippen LogP contribution is -2.41. The number of nitrogens with one attached hydrogen (secondary N) is 2. The number of amides is 1. The van der Waals surface area contributed by atoms with E-state index in [0.29, 0.717) is 23.7 Å². The van der Waals surface area contributed by atoms with Gasteiger partial charge >= 0.3 is 0 Å². The lowest BCUT2D eigenvalue weighted by molar-refractivity contribution is -0.120. The maximum Gasteiger partial charge on any atom is 0.264 e. The monoisotopic (exact) mass is 545 g/mol. The Morgan fingerprint density at radius 3 is 2.46 bits per heavy atom. The van der Waals surface area contributed by atoms with Crippen LogP contribution in [0.3, 0.4) is 0 Å². The summed E-state index contributed by atoms with van der Waals surface area (Å²) in [4.78, 5) is 22.9. The van der Waals surface area contributed by atoms with Gasteiger partial charge in [0.25, 0.3) is 10.0 Å². The molecule has 200 valence electrons. The molecule has 5 rings (SSSR count). The number of carbonyl (C=O) groups is 1. The van der Waals surface area contributed by atoms with E-state index in [1.54, 1.807) is 25.3 Å². The topological polar surface area (TPSA) is 139 Å². The number of sulfonamides is 1. The molecule has 1 aliphatic rings. The average Bonchev–Trinajstić information content (AvgIpc) is 2.98. The first-order valence-corrected chi connectivity index (χ1v) is 13.8. The van der Waals surface area contributed by atoms with E-state index in [1.807, 2.05) is 36.4 Å². The number of piperidine rings is 1. The minimum absolute atomic E-state index is 0.0177. The number of carbonyl (C=O) groups excluding carboxylic acids is 1. The second-order valence-corrected chi connectivity index (χ2v) is 10.6. The second-order valence-electron chi connectivity index (χ2n) is 8.95. The third kappa shape index (κ3) is 6.12. The molecule has 12 heteroatoms. The number of nitrogens with zero attached hydrogens (tertiary/aromatic N) is 5. The van der Waals surface area contributed by atoms with Gasteiger partial charge in [-0.1, -0.05) is 12.1 Å². The van der Waals surface area contributed by atoms with E-state index in [0.717, 1.165) is 30.7 Å². The quantitative estimate of drug-likeness (QED) is 0.340. The molecule has 4 aromatic rings. The van der Waals surface area contributed by atoms with Crippen molar-refractivity contribution in [1.82, 2.24) is 20.2 Å². The fourth-order valence-electron chi connectivity index (χ4n) is 4.39. The van der Waals surface area contributed by atoms with Crippen molar-refractivity contribution in [3.8, 4) is 17.0 Å². The molecule has 1 saturated heterocycles. The number of hydrogen-bond donors (Lipinski definition) is 2. The Balaban J connectivity index is 1.21. The van der Waals surface area contributed by atoms with Crippen LogP contribution in [0.5, 0.6) is 5.75 Å². The highest BCUT2D eigenvalue weighted by atomic mass is 32.2. The molecule has 1 amide bonds. The van der Waals surface area contributed by atoms with Gasteiger partial charge in [0.15, 0.2) is 5.82 Å². The molecule has 0 bridgehead atoms. The fourth-order valence-corrected chi connectivity index (χ4v) is 5.34. The van der Waals surface area contributed by atoms with Crippen molar-refractivity contribution < 1.29 is 17.9 Å². The van der Waals surface area contributed by atoms with E-state index < -0.39 is 10.0 Å². The molecule has 3 heterocycles. The number of methoxy groups -OCH3 is 1.